The molecule has 0 aromatic heterocycles. The van der Waals surface area contributed by atoms with Gasteiger partial charge in [0.2, 0.25) is 0 Å². The third kappa shape index (κ3) is 1.64. The predicted octanol–water partition coefficient (Wildman–Crippen LogP) is 2.82. The van der Waals surface area contributed by atoms with Crippen LogP contribution in [0.25, 0.3) is 0 Å². The lowest BCUT2D eigenvalue weighted by atomic mass is 10.1. The molecule has 1 saturated heterocycles. The van der Waals surface area contributed by atoms with Crippen LogP contribution in [0.3, 0.4) is 0 Å². The molecule has 2 aliphatic heterocycles. The van der Waals surface area contributed by atoms with E-state index in [1.54, 1.807) is 11.8 Å². The van der Waals surface area contributed by atoms with Crippen LogP contribution in [0.1, 0.15) is 18.9 Å². The molecule has 1 spiro atoms. The molecule has 0 unspecified atom stereocenters. The zero-order valence-electron chi connectivity index (χ0n) is 8.73. The van der Waals surface area contributed by atoms with Gasteiger partial charge in [-0.2, -0.15) is 0 Å². The normalized spacial score (nSPS) is 33.8. The van der Waals surface area contributed by atoms with Crippen LogP contribution < -0.4 is 4.74 Å². The van der Waals surface area contributed by atoms with E-state index in [1.807, 2.05) is 12.1 Å². The molecular weight excluding hydrogens is 208 g/mol. The Morgan fingerprint density at radius 2 is 2.27 bits per heavy atom. The van der Waals surface area contributed by atoms with Crippen LogP contribution in [0, 0.1) is 0 Å². The van der Waals surface area contributed by atoms with Gasteiger partial charge in [-0.25, -0.2) is 0 Å². The van der Waals surface area contributed by atoms with Crippen LogP contribution >= 0.6 is 11.8 Å². The zero-order valence-corrected chi connectivity index (χ0v) is 9.55. The van der Waals surface area contributed by atoms with E-state index in [4.69, 9.17) is 9.47 Å². The second-order valence-electron chi connectivity index (χ2n) is 4.13. The van der Waals surface area contributed by atoms with Gasteiger partial charge in [0.25, 0.3) is 5.12 Å². The molecule has 0 radical (unpaired) electrons. The van der Waals surface area contributed by atoms with Crippen molar-refractivity contribution in [3.63, 3.8) is 0 Å². The van der Waals surface area contributed by atoms with Crippen molar-refractivity contribution in [1.29, 1.82) is 0 Å². The summed E-state index contributed by atoms with van der Waals surface area (Å²) in [4.78, 5) is 0. The minimum Gasteiger partial charge on any atom is -0.452 e. The average molecular weight is 222 g/mol. The first-order valence-electron chi connectivity index (χ1n) is 5.36. The Morgan fingerprint density at radius 1 is 1.40 bits per heavy atom. The minimum atomic E-state index is -0.395. The number of hydrogen-bond donors (Lipinski definition) is 0. The second-order valence-corrected chi connectivity index (χ2v) is 5.38. The summed E-state index contributed by atoms with van der Waals surface area (Å²) >= 11 is 1.79. The molecule has 0 aliphatic carbocycles. The minimum absolute atomic E-state index is 0.306. The molecule has 0 bridgehead atoms. The smallest absolute Gasteiger partial charge is 0.260 e. The Balaban J connectivity index is 1.89. The number of thioether (sulfide) groups is 1. The molecule has 0 amide bonds. The average Bonchev–Trinajstić information content (AvgIpc) is 2.60. The Morgan fingerprint density at radius 3 is 3.07 bits per heavy atom. The van der Waals surface area contributed by atoms with Crippen molar-refractivity contribution >= 4 is 11.8 Å². The topological polar surface area (TPSA) is 18.5 Å². The fourth-order valence-corrected chi connectivity index (χ4v) is 3.30. The monoisotopic (exact) mass is 222 g/mol. The zero-order chi connectivity index (χ0) is 10.3. The quantitative estimate of drug-likeness (QED) is 0.672. The summed E-state index contributed by atoms with van der Waals surface area (Å²) in [5.74, 6) is 2.02. The standard InChI is InChI=1S/C12H14O2S/c1-9-8-15-12(13-9)7-6-10-4-2-3-5-11(10)14-12/h2-5,9H,6-8H2,1H3/t9-,12-/m0/s1. The van der Waals surface area contributed by atoms with Gasteiger partial charge in [-0.15, -0.1) is 0 Å². The molecular formula is C12H14O2S. The van der Waals surface area contributed by atoms with Crippen molar-refractivity contribution in [1.82, 2.24) is 0 Å². The summed E-state index contributed by atoms with van der Waals surface area (Å²) in [6, 6.07) is 8.24. The van der Waals surface area contributed by atoms with Gasteiger partial charge in [0, 0.05) is 12.2 Å². The fraction of sp³-hybridized carbons (Fsp3) is 0.500. The highest BCUT2D eigenvalue weighted by Crippen LogP contribution is 2.45. The molecule has 3 heteroatoms. The van der Waals surface area contributed by atoms with Gasteiger partial charge in [0.05, 0.1) is 6.10 Å². The van der Waals surface area contributed by atoms with Gasteiger partial charge in [-0.3, -0.25) is 0 Å². The summed E-state index contributed by atoms with van der Waals surface area (Å²) in [5, 5.41) is -0.395. The van der Waals surface area contributed by atoms with E-state index in [-0.39, 0.29) is 0 Å². The number of fused-ring (bicyclic) bond motifs is 1. The number of rotatable bonds is 0. The summed E-state index contributed by atoms with van der Waals surface area (Å²) in [5.41, 5.74) is 1.30. The second kappa shape index (κ2) is 3.42. The molecule has 2 heterocycles. The lowest BCUT2D eigenvalue weighted by Crippen LogP contribution is -2.36. The third-order valence-electron chi connectivity index (χ3n) is 2.86. The lowest BCUT2D eigenvalue weighted by Gasteiger charge is -2.33. The predicted molar refractivity (Wildman–Crippen MR) is 61.1 cm³/mol. The Bertz CT molecular complexity index is 380. The highest BCUT2D eigenvalue weighted by molar-refractivity contribution is 8.00. The molecule has 0 N–H and O–H groups in total. The summed E-state index contributed by atoms with van der Waals surface area (Å²) in [6.45, 7) is 2.10. The van der Waals surface area contributed by atoms with Gasteiger partial charge < -0.3 is 9.47 Å². The highest BCUT2D eigenvalue weighted by Gasteiger charge is 2.44. The van der Waals surface area contributed by atoms with E-state index in [9.17, 15) is 0 Å². The van der Waals surface area contributed by atoms with E-state index < -0.39 is 5.12 Å². The molecule has 0 saturated carbocycles. The maximum atomic E-state index is 5.99. The molecule has 80 valence electrons. The molecule has 1 aromatic carbocycles. The fourth-order valence-electron chi connectivity index (χ4n) is 2.12. The van der Waals surface area contributed by atoms with Crippen LogP contribution in [0.5, 0.6) is 5.75 Å². The summed E-state index contributed by atoms with van der Waals surface area (Å²) in [6.07, 6.45) is 2.31. The van der Waals surface area contributed by atoms with Gasteiger partial charge in [0.1, 0.15) is 5.75 Å². The first-order valence-corrected chi connectivity index (χ1v) is 6.35. The van der Waals surface area contributed by atoms with E-state index in [0.29, 0.717) is 6.10 Å². The first-order chi connectivity index (χ1) is 7.27. The van der Waals surface area contributed by atoms with E-state index in [0.717, 1.165) is 24.3 Å². The molecule has 15 heavy (non-hydrogen) atoms. The first kappa shape index (κ1) is 9.55. The molecule has 2 nitrogen and oxygen atoms in total. The molecule has 3 rings (SSSR count). The largest absolute Gasteiger partial charge is 0.452 e. The van der Waals surface area contributed by atoms with Crippen molar-refractivity contribution in [2.75, 3.05) is 5.75 Å². The van der Waals surface area contributed by atoms with Gasteiger partial charge >= 0.3 is 0 Å². The number of para-hydroxylation sites is 1. The Labute approximate surface area is 94.0 Å². The number of hydrogen-bond acceptors (Lipinski definition) is 3. The van der Waals surface area contributed by atoms with Gasteiger partial charge in [-0.05, 0) is 25.0 Å². The highest BCUT2D eigenvalue weighted by atomic mass is 32.2. The van der Waals surface area contributed by atoms with Crippen molar-refractivity contribution in [3.8, 4) is 5.75 Å². The summed E-state index contributed by atoms with van der Waals surface area (Å²) in [7, 11) is 0. The lowest BCUT2D eigenvalue weighted by molar-refractivity contribution is -0.132. The molecule has 1 aromatic rings. The van der Waals surface area contributed by atoms with Crippen molar-refractivity contribution in [3.05, 3.63) is 29.8 Å². The van der Waals surface area contributed by atoms with Crippen molar-refractivity contribution in [2.24, 2.45) is 0 Å². The maximum absolute atomic E-state index is 5.99. The van der Waals surface area contributed by atoms with Gasteiger partial charge in [-0.1, -0.05) is 30.0 Å². The Kier molecular flexibility index (Phi) is 2.18. The Hall–Kier alpha value is -0.670. The number of aryl methyl sites for hydroxylation is 1. The van der Waals surface area contributed by atoms with Crippen LogP contribution in [0.15, 0.2) is 24.3 Å². The summed E-state index contributed by atoms with van der Waals surface area (Å²) < 4.78 is 11.9. The third-order valence-corrected chi connectivity index (χ3v) is 4.32. The maximum Gasteiger partial charge on any atom is 0.260 e. The van der Waals surface area contributed by atoms with Gasteiger partial charge in [0.15, 0.2) is 0 Å². The number of ether oxygens (including phenoxy) is 2. The molecule has 2 aliphatic rings. The van der Waals surface area contributed by atoms with Crippen LogP contribution in [0.2, 0.25) is 0 Å². The molecule has 2 atom stereocenters. The molecule has 1 fully saturated rings. The van der Waals surface area contributed by atoms with E-state index >= 15 is 0 Å². The number of benzene rings is 1. The van der Waals surface area contributed by atoms with Crippen molar-refractivity contribution < 1.29 is 9.47 Å². The van der Waals surface area contributed by atoms with Crippen LogP contribution in [-0.2, 0) is 11.2 Å². The SMILES string of the molecule is C[C@H]1CS[C@@]2(CCc3ccccc3O2)O1. The van der Waals surface area contributed by atoms with E-state index in [1.165, 1.54) is 5.56 Å². The van der Waals surface area contributed by atoms with Crippen molar-refractivity contribution in [2.45, 2.75) is 31.0 Å². The van der Waals surface area contributed by atoms with Crippen LogP contribution in [0.4, 0.5) is 0 Å². The van der Waals surface area contributed by atoms with E-state index in [2.05, 4.69) is 19.1 Å². The van der Waals surface area contributed by atoms with Crippen LogP contribution in [-0.4, -0.2) is 17.0 Å².